The van der Waals surface area contributed by atoms with Crippen molar-refractivity contribution in [2.45, 2.75) is 45.8 Å². The van der Waals surface area contributed by atoms with Crippen LogP contribution in [0.1, 0.15) is 33.6 Å². The van der Waals surface area contributed by atoms with E-state index in [9.17, 15) is 10.2 Å². The van der Waals surface area contributed by atoms with Crippen molar-refractivity contribution in [3.63, 3.8) is 0 Å². The number of aliphatic hydroxyl groups excluding tert-OH is 2. The fourth-order valence-corrected chi connectivity index (χ4v) is 2.11. The molecule has 0 saturated heterocycles. The molecular weight excluding hydrogens is 152 g/mol. The summed E-state index contributed by atoms with van der Waals surface area (Å²) in [5, 5.41) is 19.3. The van der Waals surface area contributed by atoms with Crippen LogP contribution in [0, 0.1) is 17.8 Å². The molecule has 0 unspecified atom stereocenters. The van der Waals surface area contributed by atoms with Crippen LogP contribution in [-0.4, -0.2) is 22.4 Å². The largest absolute Gasteiger partial charge is 0.390 e. The fourth-order valence-electron chi connectivity index (χ4n) is 2.11. The standard InChI is InChI=1S/C10H20O2/c1-6(2)8-5-4-7(3)9(11)10(8)12/h6-12H,4-5H2,1-3H3/t7-,8-,9+,10+/m0/s1. The Labute approximate surface area is 74.6 Å². The van der Waals surface area contributed by atoms with E-state index in [4.69, 9.17) is 0 Å². The average Bonchev–Trinajstić information content (AvgIpc) is 2.00. The minimum atomic E-state index is -0.508. The molecule has 1 saturated carbocycles. The highest BCUT2D eigenvalue weighted by Gasteiger charge is 2.36. The minimum Gasteiger partial charge on any atom is -0.390 e. The maximum absolute atomic E-state index is 9.73. The molecule has 0 aliphatic heterocycles. The van der Waals surface area contributed by atoms with Gasteiger partial charge in [0.1, 0.15) is 0 Å². The van der Waals surface area contributed by atoms with Gasteiger partial charge in [0.05, 0.1) is 12.2 Å². The summed E-state index contributed by atoms with van der Waals surface area (Å²) in [6.45, 7) is 6.22. The lowest BCUT2D eigenvalue weighted by atomic mass is 9.74. The van der Waals surface area contributed by atoms with Crippen LogP contribution < -0.4 is 0 Å². The molecule has 0 aromatic rings. The summed E-state index contributed by atoms with van der Waals surface area (Å²) in [5.41, 5.74) is 0. The minimum absolute atomic E-state index is 0.259. The molecular formula is C10H20O2. The topological polar surface area (TPSA) is 40.5 Å². The molecule has 0 heterocycles. The van der Waals surface area contributed by atoms with E-state index >= 15 is 0 Å². The molecule has 12 heavy (non-hydrogen) atoms. The van der Waals surface area contributed by atoms with Gasteiger partial charge in [-0.05, 0) is 30.6 Å². The number of rotatable bonds is 1. The van der Waals surface area contributed by atoms with Crippen molar-refractivity contribution in [2.75, 3.05) is 0 Å². The summed E-state index contributed by atoms with van der Waals surface area (Å²) in [6, 6.07) is 0. The fraction of sp³-hybridized carbons (Fsp3) is 1.00. The van der Waals surface area contributed by atoms with E-state index in [2.05, 4.69) is 13.8 Å². The molecule has 0 amide bonds. The molecule has 1 aliphatic carbocycles. The van der Waals surface area contributed by atoms with Gasteiger partial charge in [-0.2, -0.15) is 0 Å². The SMILES string of the molecule is CC(C)[C@@H]1CC[C@H](C)[C@@H](O)[C@@H]1O. The second-order valence-corrected chi connectivity index (χ2v) is 4.44. The van der Waals surface area contributed by atoms with Crippen molar-refractivity contribution in [1.29, 1.82) is 0 Å². The lowest BCUT2D eigenvalue weighted by Gasteiger charge is -2.38. The number of aliphatic hydroxyl groups is 2. The molecule has 1 rings (SSSR count). The van der Waals surface area contributed by atoms with Crippen LogP contribution >= 0.6 is 0 Å². The van der Waals surface area contributed by atoms with E-state index in [-0.39, 0.29) is 11.8 Å². The van der Waals surface area contributed by atoms with Gasteiger partial charge < -0.3 is 10.2 Å². The first kappa shape index (κ1) is 10.0. The van der Waals surface area contributed by atoms with Crippen molar-refractivity contribution >= 4 is 0 Å². The average molecular weight is 172 g/mol. The van der Waals surface area contributed by atoms with Gasteiger partial charge in [0.15, 0.2) is 0 Å². The highest BCUT2D eigenvalue weighted by Crippen LogP contribution is 2.33. The monoisotopic (exact) mass is 172 g/mol. The summed E-state index contributed by atoms with van der Waals surface area (Å²) in [6.07, 6.45) is 1.08. The number of hydrogen-bond acceptors (Lipinski definition) is 2. The van der Waals surface area contributed by atoms with Gasteiger partial charge in [-0.25, -0.2) is 0 Å². The van der Waals surface area contributed by atoms with E-state index in [0.717, 1.165) is 12.8 Å². The first-order valence-corrected chi connectivity index (χ1v) is 4.90. The zero-order valence-electron chi connectivity index (χ0n) is 8.20. The molecule has 0 spiro atoms. The lowest BCUT2D eigenvalue weighted by molar-refractivity contribution is -0.0832. The maximum Gasteiger partial charge on any atom is 0.0832 e. The number of hydrogen-bond donors (Lipinski definition) is 2. The summed E-state index contributed by atoms with van der Waals surface area (Å²) in [7, 11) is 0. The van der Waals surface area contributed by atoms with Gasteiger partial charge in [-0.15, -0.1) is 0 Å². The third kappa shape index (κ3) is 1.80. The molecule has 72 valence electrons. The van der Waals surface area contributed by atoms with E-state index in [1.165, 1.54) is 0 Å². The van der Waals surface area contributed by atoms with Gasteiger partial charge in [0.2, 0.25) is 0 Å². The summed E-state index contributed by atoms with van der Waals surface area (Å²) in [5.74, 6) is 1.02. The summed E-state index contributed by atoms with van der Waals surface area (Å²) < 4.78 is 0. The normalized spacial score (nSPS) is 43.5. The van der Waals surface area contributed by atoms with E-state index < -0.39 is 12.2 Å². The Morgan fingerprint density at radius 2 is 1.67 bits per heavy atom. The van der Waals surface area contributed by atoms with Gasteiger partial charge in [-0.3, -0.25) is 0 Å². The first-order valence-electron chi connectivity index (χ1n) is 4.90. The quantitative estimate of drug-likeness (QED) is 0.628. The summed E-state index contributed by atoms with van der Waals surface area (Å²) in [4.78, 5) is 0. The molecule has 1 aliphatic rings. The summed E-state index contributed by atoms with van der Waals surface area (Å²) >= 11 is 0. The molecule has 0 aromatic heterocycles. The zero-order chi connectivity index (χ0) is 9.30. The van der Waals surface area contributed by atoms with Gasteiger partial charge in [0, 0.05) is 0 Å². The van der Waals surface area contributed by atoms with Crippen LogP contribution in [0.5, 0.6) is 0 Å². The Balaban J connectivity index is 2.58. The molecule has 0 bridgehead atoms. The smallest absolute Gasteiger partial charge is 0.0832 e. The van der Waals surface area contributed by atoms with Crippen LogP contribution in [0.25, 0.3) is 0 Å². The predicted octanol–water partition coefficient (Wildman–Crippen LogP) is 1.41. The second-order valence-electron chi connectivity index (χ2n) is 4.44. The third-order valence-electron chi connectivity index (χ3n) is 3.18. The first-order chi connectivity index (χ1) is 5.54. The van der Waals surface area contributed by atoms with Crippen LogP contribution in [0.3, 0.4) is 0 Å². The van der Waals surface area contributed by atoms with Gasteiger partial charge in [0.25, 0.3) is 0 Å². The van der Waals surface area contributed by atoms with Crippen molar-refractivity contribution in [3.8, 4) is 0 Å². The molecule has 4 atom stereocenters. The lowest BCUT2D eigenvalue weighted by Crippen LogP contribution is -2.44. The van der Waals surface area contributed by atoms with Crippen molar-refractivity contribution in [2.24, 2.45) is 17.8 Å². The van der Waals surface area contributed by atoms with E-state index in [0.29, 0.717) is 5.92 Å². The zero-order valence-corrected chi connectivity index (χ0v) is 8.20. The third-order valence-corrected chi connectivity index (χ3v) is 3.18. The van der Waals surface area contributed by atoms with Crippen molar-refractivity contribution < 1.29 is 10.2 Å². The van der Waals surface area contributed by atoms with E-state index in [1.54, 1.807) is 0 Å². The second kappa shape index (κ2) is 3.75. The molecule has 0 aromatic carbocycles. The van der Waals surface area contributed by atoms with Crippen LogP contribution in [-0.2, 0) is 0 Å². The highest BCUT2D eigenvalue weighted by molar-refractivity contribution is 4.86. The van der Waals surface area contributed by atoms with Crippen LogP contribution in [0.2, 0.25) is 0 Å². The maximum atomic E-state index is 9.73. The van der Waals surface area contributed by atoms with Crippen LogP contribution in [0.15, 0.2) is 0 Å². The van der Waals surface area contributed by atoms with Crippen LogP contribution in [0.4, 0.5) is 0 Å². The van der Waals surface area contributed by atoms with Gasteiger partial charge in [-0.1, -0.05) is 20.8 Å². The van der Waals surface area contributed by atoms with E-state index in [1.807, 2.05) is 6.92 Å². The molecule has 2 N–H and O–H groups in total. The van der Waals surface area contributed by atoms with Crippen molar-refractivity contribution in [3.05, 3.63) is 0 Å². The molecule has 0 radical (unpaired) electrons. The Hall–Kier alpha value is -0.0800. The molecule has 2 nitrogen and oxygen atoms in total. The highest BCUT2D eigenvalue weighted by atomic mass is 16.3. The Kier molecular flexibility index (Phi) is 3.13. The Bertz CT molecular complexity index is 145. The predicted molar refractivity (Wildman–Crippen MR) is 48.7 cm³/mol. The molecule has 1 fully saturated rings. The van der Waals surface area contributed by atoms with Crippen molar-refractivity contribution in [1.82, 2.24) is 0 Å². The Morgan fingerprint density at radius 1 is 1.08 bits per heavy atom. The molecule has 2 heteroatoms. The van der Waals surface area contributed by atoms with Gasteiger partial charge >= 0.3 is 0 Å². The Morgan fingerprint density at radius 3 is 2.17 bits per heavy atom.